The van der Waals surface area contributed by atoms with Crippen LogP contribution in [0.25, 0.3) is 0 Å². The van der Waals surface area contributed by atoms with Crippen LogP contribution < -0.4 is 10.6 Å². The van der Waals surface area contributed by atoms with Crippen LogP contribution in [0.4, 0.5) is 5.69 Å². The summed E-state index contributed by atoms with van der Waals surface area (Å²) >= 11 is 0. The molecule has 3 heteroatoms. The zero-order valence-electron chi connectivity index (χ0n) is 5.70. The highest BCUT2D eigenvalue weighted by atomic mass is 17.2. The minimum absolute atomic E-state index is 0.650. The van der Waals surface area contributed by atoms with Crippen molar-refractivity contribution in [1.29, 1.82) is 0 Å². The largest absolute Gasteiger partial charge is 0.399 e. The van der Waals surface area contributed by atoms with Crippen molar-refractivity contribution in [3.8, 4) is 5.75 Å². The van der Waals surface area contributed by atoms with Gasteiger partial charge in [0.2, 0.25) is 0 Å². The summed E-state index contributed by atoms with van der Waals surface area (Å²) in [5, 5.41) is 0. The van der Waals surface area contributed by atoms with Crippen molar-refractivity contribution in [2.45, 2.75) is 0 Å². The van der Waals surface area contributed by atoms with Crippen molar-refractivity contribution < 1.29 is 9.78 Å². The van der Waals surface area contributed by atoms with E-state index in [0.717, 1.165) is 0 Å². The van der Waals surface area contributed by atoms with Crippen molar-refractivity contribution in [2.75, 3.05) is 12.8 Å². The van der Waals surface area contributed by atoms with E-state index in [4.69, 9.17) is 10.6 Å². The molecular formula is C7H9NO2. The maximum Gasteiger partial charge on any atom is 0.165 e. The van der Waals surface area contributed by atoms with Crippen LogP contribution in [0, 0.1) is 0 Å². The van der Waals surface area contributed by atoms with Gasteiger partial charge in [0.05, 0.1) is 7.11 Å². The lowest BCUT2D eigenvalue weighted by atomic mass is 10.3. The third-order valence-electron chi connectivity index (χ3n) is 1.06. The second-order valence-electron chi connectivity index (χ2n) is 1.82. The van der Waals surface area contributed by atoms with E-state index in [1.165, 1.54) is 7.11 Å². The molecule has 2 N–H and O–H groups in total. The molecule has 10 heavy (non-hydrogen) atoms. The first kappa shape index (κ1) is 6.89. The summed E-state index contributed by atoms with van der Waals surface area (Å²) in [6.07, 6.45) is 0. The maximum absolute atomic E-state index is 5.43. The predicted molar refractivity (Wildman–Crippen MR) is 38.5 cm³/mol. The van der Waals surface area contributed by atoms with Crippen molar-refractivity contribution in [2.24, 2.45) is 0 Å². The molecular weight excluding hydrogens is 130 g/mol. The van der Waals surface area contributed by atoms with E-state index in [-0.39, 0.29) is 0 Å². The molecule has 0 heterocycles. The molecule has 0 aliphatic carbocycles. The Morgan fingerprint density at radius 2 is 1.80 bits per heavy atom. The van der Waals surface area contributed by atoms with Crippen LogP contribution in [-0.2, 0) is 4.89 Å². The number of hydrogen-bond donors (Lipinski definition) is 1. The van der Waals surface area contributed by atoms with Crippen molar-refractivity contribution in [3.63, 3.8) is 0 Å². The number of nitrogen functional groups attached to an aromatic ring is 1. The smallest absolute Gasteiger partial charge is 0.165 e. The molecule has 0 saturated carbocycles. The van der Waals surface area contributed by atoms with Gasteiger partial charge in [-0.2, -0.15) is 4.89 Å². The SMILES string of the molecule is COOc1ccc(N)cc1. The lowest BCUT2D eigenvalue weighted by molar-refractivity contribution is -0.178. The van der Waals surface area contributed by atoms with E-state index >= 15 is 0 Å². The lowest BCUT2D eigenvalue weighted by Gasteiger charge is -1.99. The van der Waals surface area contributed by atoms with Gasteiger partial charge in [-0.25, -0.2) is 0 Å². The van der Waals surface area contributed by atoms with Gasteiger partial charge in [-0.15, -0.1) is 0 Å². The Morgan fingerprint density at radius 1 is 1.20 bits per heavy atom. The van der Waals surface area contributed by atoms with E-state index < -0.39 is 0 Å². The molecule has 0 atom stereocenters. The molecule has 3 nitrogen and oxygen atoms in total. The van der Waals surface area contributed by atoms with Crippen LogP contribution in [0.5, 0.6) is 5.75 Å². The van der Waals surface area contributed by atoms with Crippen LogP contribution in [0.2, 0.25) is 0 Å². The highest BCUT2D eigenvalue weighted by Gasteiger charge is 1.89. The fourth-order valence-corrected chi connectivity index (χ4v) is 0.620. The second kappa shape index (κ2) is 3.08. The third-order valence-corrected chi connectivity index (χ3v) is 1.06. The predicted octanol–water partition coefficient (Wildman–Crippen LogP) is 1.21. The molecule has 0 radical (unpaired) electrons. The van der Waals surface area contributed by atoms with Crippen LogP contribution in [-0.4, -0.2) is 7.11 Å². The first-order valence-corrected chi connectivity index (χ1v) is 2.89. The summed E-state index contributed by atoms with van der Waals surface area (Å²) < 4.78 is 0. The normalized spacial score (nSPS) is 9.30. The number of benzene rings is 1. The van der Waals surface area contributed by atoms with E-state index in [1.54, 1.807) is 24.3 Å². The van der Waals surface area contributed by atoms with E-state index in [0.29, 0.717) is 11.4 Å². The zero-order chi connectivity index (χ0) is 7.40. The first-order valence-electron chi connectivity index (χ1n) is 2.89. The molecule has 0 aliphatic heterocycles. The molecule has 0 aromatic heterocycles. The average molecular weight is 139 g/mol. The van der Waals surface area contributed by atoms with Gasteiger partial charge in [-0.3, -0.25) is 0 Å². The molecule has 54 valence electrons. The highest BCUT2D eigenvalue weighted by Crippen LogP contribution is 2.12. The number of rotatable bonds is 2. The van der Waals surface area contributed by atoms with Crippen molar-refractivity contribution >= 4 is 5.69 Å². The fraction of sp³-hybridized carbons (Fsp3) is 0.143. The molecule has 1 rings (SSSR count). The molecule has 0 spiro atoms. The molecule has 0 bridgehead atoms. The fourth-order valence-electron chi connectivity index (χ4n) is 0.620. The number of anilines is 1. The number of nitrogens with two attached hydrogens (primary N) is 1. The van der Waals surface area contributed by atoms with Crippen LogP contribution in [0.1, 0.15) is 0 Å². The summed E-state index contributed by atoms with van der Waals surface area (Å²) in [6, 6.07) is 6.96. The Hall–Kier alpha value is -1.22. The molecule has 0 aliphatic rings. The Morgan fingerprint density at radius 3 is 2.30 bits per heavy atom. The van der Waals surface area contributed by atoms with Crippen LogP contribution >= 0.6 is 0 Å². The van der Waals surface area contributed by atoms with E-state index in [1.807, 2.05) is 0 Å². The van der Waals surface area contributed by atoms with E-state index in [9.17, 15) is 0 Å². The van der Waals surface area contributed by atoms with Crippen molar-refractivity contribution in [3.05, 3.63) is 24.3 Å². The van der Waals surface area contributed by atoms with Gasteiger partial charge in [0.25, 0.3) is 0 Å². The molecule has 1 aromatic carbocycles. The summed E-state index contributed by atoms with van der Waals surface area (Å²) in [7, 11) is 1.45. The minimum atomic E-state index is 0.650. The Balaban J connectivity index is 2.69. The average Bonchev–Trinajstić information content (AvgIpc) is 1.95. The quantitative estimate of drug-likeness (QED) is 0.380. The zero-order valence-corrected chi connectivity index (χ0v) is 5.70. The van der Waals surface area contributed by atoms with Gasteiger partial charge in [0, 0.05) is 5.69 Å². The molecule has 0 fully saturated rings. The molecule has 1 aromatic rings. The second-order valence-corrected chi connectivity index (χ2v) is 1.82. The molecule has 0 saturated heterocycles. The summed E-state index contributed by atoms with van der Waals surface area (Å²) in [6.45, 7) is 0. The molecule has 0 unspecified atom stereocenters. The lowest BCUT2D eigenvalue weighted by Crippen LogP contribution is -1.90. The van der Waals surface area contributed by atoms with Crippen LogP contribution in [0.15, 0.2) is 24.3 Å². The Bertz CT molecular complexity index is 195. The molecule has 0 amide bonds. The minimum Gasteiger partial charge on any atom is -0.399 e. The number of hydrogen-bond acceptors (Lipinski definition) is 3. The third kappa shape index (κ3) is 1.63. The Kier molecular flexibility index (Phi) is 2.12. The summed E-state index contributed by atoms with van der Waals surface area (Å²) in [5.41, 5.74) is 6.14. The topological polar surface area (TPSA) is 44.5 Å². The first-order chi connectivity index (χ1) is 4.83. The van der Waals surface area contributed by atoms with Gasteiger partial charge >= 0.3 is 0 Å². The standard InChI is InChI=1S/C7H9NO2/c1-9-10-7-4-2-6(8)3-5-7/h2-5H,8H2,1H3. The maximum atomic E-state index is 5.43. The summed E-state index contributed by atoms with van der Waals surface area (Å²) in [4.78, 5) is 9.13. The van der Waals surface area contributed by atoms with Crippen molar-refractivity contribution in [1.82, 2.24) is 0 Å². The van der Waals surface area contributed by atoms with Gasteiger partial charge in [0.15, 0.2) is 5.75 Å². The van der Waals surface area contributed by atoms with Gasteiger partial charge in [-0.1, -0.05) is 0 Å². The summed E-state index contributed by atoms with van der Waals surface area (Å²) in [5.74, 6) is 0.650. The van der Waals surface area contributed by atoms with Crippen LogP contribution in [0.3, 0.4) is 0 Å². The van der Waals surface area contributed by atoms with Gasteiger partial charge in [-0.05, 0) is 24.3 Å². The van der Waals surface area contributed by atoms with E-state index in [2.05, 4.69) is 4.89 Å². The Labute approximate surface area is 59.3 Å². The van der Waals surface area contributed by atoms with Gasteiger partial charge < -0.3 is 10.6 Å². The van der Waals surface area contributed by atoms with Gasteiger partial charge in [0.1, 0.15) is 0 Å². The highest BCUT2D eigenvalue weighted by molar-refractivity contribution is 5.41. The monoisotopic (exact) mass is 139 g/mol.